The normalized spacial score (nSPS) is 27.1. The Hall–Kier alpha value is -1.63. The number of carbonyl (C=O) groups excluding carboxylic acids is 1. The maximum Gasteiger partial charge on any atom is 0.229 e. The molecule has 1 unspecified atom stereocenters. The van der Waals surface area contributed by atoms with Gasteiger partial charge in [0.2, 0.25) is 11.9 Å². The van der Waals surface area contributed by atoms with Gasteiger partial charge in [0.15, 0.2) is 0 Å². The maximum atomic E-state index is 13.1. The molecule has 0 aromatic carbocycles. The summed E-state index contributed by atoms with van der Waals surface area (Å²) in [6, 6.07) is 0. The Morgan fingerprint density at radius 1 is 1.29 bits per heavy atom. The van der Waals surface area contributed by atoms with Crippen LogP contribution in [0.15, 0.2) is 0 Å². The third kappa shape index (κ3) is 2.79. The fourth-order valence-electron chi connectivity index (χ4n) is 4.37. The van der Waals surface area contributed by atoms with E-state index in [0.717, 1.165) is 44.2 Å². The Kier molecular flexibility index (Phi) is 3.78. The molecule has 3 heterocycles. The Morgan fingerprint density at radius 2 is 2.00 bits per heavy atom. The van der Waals surface area contributed by atoms with E-state index >= 15 is 0 Å². The van der Waals surface area contributed by atoms with Crippen LogP contribution in [0, 0.1) is 18.3 Å². The average Bonchev–Trinajstić information content (AvgIpc) is 3.28. The highest BCUT2D eigenvalue weighted by atomic mass is 16.3. The zero-order valence-electron chi connectivity index (χ0n) is 14.6. The monoisotopic (exact) mass is 333 g/mol. The van der Waals surface area contributed by atoms with Crippen molar-refractivity contribution < 1.29 is 9.90 Å². The van der Waals surface area contributed by atoms with E-state index in [1.54, 1.807) is 0 Å². The number of aliphatic hydroxyl groups excluding tert-OH is 1. The molecule has 1 atom stereocenters. The number of carbonyl (C=O) groups is 1. The molecule has 1 aromatic rings. The molecule has 0 bridgehead atoms. The van der Waals surface area contributed by atoms with Crippen molar-refractivity contribution in [3.8, 4) is 0 Å². The second kappa shape index (κ2) is 5.72. The van der Waals surface area contributed by atoms with Crippen molar-refractivity contribution in [1.29, 1.82) is 0 Å². The second-order valence-corrected chi connectivity index (χ2v) is 7.86. The van der Waals surface area contributed by atoms with E-state index in [9.17, 15) is 9.90 Å². The Morgan fingerprint density at radius 3 is 2.58 bits per heavy atom. The van der Waals surface area contributed by atoms with Crippen molar-refractivity contribution in [2.24, 2.45) is 18.4 Å². The third-order valence-corrected chi connectivity index (χ3v) is 5.82. The van der Waals surface area contributed by atoms with Crippen LogP contribution < -0.4 is 4.90 Å². The Bertz CT molecular complexity index is 629. The lowest BCUT2D eigenvalue weighted by Gasteiger charge is -2.48. The smallest absolute Gasteiger partial charge is 0.229 e. The minimum atomic E-state index is -0.384. The van der Waals surface area contributed by atoms with Gasteiger partial charge in [0.25, 0.3) is 0 Å². The van der Waals surface area contributed by atoms with Crippen molar-refractivity contribution in [3.05, 3.63) is 5.82 Å². The van der Waals surface area contributed by atoms with Gasteiger partial charge in [-0.15, -0.1) is 0 Å². The lowest BCUT2D eigenvalue weighted by molar-refractivity contribution is -0.154. The number of β-amino-alcohol motifs (C(OH)–C–C–N with tert-alkyl or cyclic N) is 1. The summed E-state index contributed by atoms with van der Waals surface area (Å²) in [6.45, 7) is 4.84. The first-order valence-electron chi connectivity index (χ1n) is 9.07. The number of rotatable bonds is 3. The van der Waals surface area contributed by atoms with Crippen LogP contribution in [0.5, 0.6) is 0 Å². The van der Waals surface area contributed by atoms with Gasteiger partial charge in [0.1, 0.15) is 5.82 Å². The molecule has 4 rings (SSSR count). The fourth-order valence-corrected chi connectivity index (χ4v) is 4.37. The van der Waals surface area contributed by atoms with Gasteiger partial charge in [0, 0.05) is 33.2 Å². The Labute approximate surface area is 142 Å². The molecular weight excluding hydrogens is 306 g/mol. The average molecular weight is 333 g/mol. The molecule has 3 aliphatic rings. The van der Waals surface area contributed by atoms with Crippen LogP contribution >= 0.6 is 0 Å². The summed E-state index contributed by atoms with van der Waals surface area (Å²) in [7, 11) is 1.91. The molecule has 132 valence electrons. The highest BCUT2D eigenvalue weighted by Crippen LogP contribution is 2.43. The maximum absolute atomic E-state index is 13.1. The Balaban J connectivity index is 1.47. The van der Waals surface area contributed by atoms with Crippen LogP contribution in [0.4, 0.5) is 5.95 Å². The van der Waals surface area contributed by atoms with Crippen molar-refractivity contribution in [2.45, 2.75) is 45.1 Å². The molecule has 1 saturated carbocycles. The van der Waals surface area contributed by atoms with E-state index < -0.39 is 0 Å². The minimum Gasteiger partial charge on any atom is -0.391 e. The zero-order valence-corrected chi connectivity index (χ0v) is 14.6. The number of nitrogens with zero attached hydrogens (tertiary/aromatic N) is 5. The molecule has 1 aliphatic carbocycles. The lowest BCUT2D eigenvalue weighted by Crippen LogP contribution is -2.58. The number of likely N-dealkylation sites (tertiary alicyclic amines) is 1. The molecule has 0 radical (unpaired) electrons. The summed E-state index contributed by atoms with van der Waals surface area (Å²) in [5.41, 5.74) is -0.378. The number of amides is 1. The van der Waals surface area contributed by atoms with Gasteiger partial charge in [-0.1, -0.05) is 0 Å². The number of aliphatic hydroxyl groups is 1. The largest absolute Gasteiger partial charge is 0.391 e. The molecule has 2 aliphatic heterocycles. The van der Waals surface area contributed by atoms with Crippen LogP contribution in [0.2, 0.25) is 0 Å². The third-order valence-electron chi connectivity index (χ3n) is 5.82. The van der Waals surface area contributed by atoms with E-state index in [-0.39, 0.29) is 17.4 Å². The van der Waals surface area contributed by atoms with Gasteiger partial charge in [-0.3, -0.25) is 4.79 Å². The number of aryl methyl sites for hydroxylation is 2. The van der Waals surface area contributed by atoms with Crippen LogP contribution in [0.1, 0.15) is 37.9 Å². The summed E-state index contributed by atoms with van der Waals surface area (Å²) in [5, 5.41) is 14.7. The van der Waals surface area contributed by atoms with Crippen LogP contribution in [0.25, 0.3) is 0 Å². The molecule has 24 heavy (non-hydrogen) atoms. The molecule has 1 N–H and O–H groups in total. The summed E-state index contributed by atoms with van der Waals surface area (Å²) >= 11 is 0. The standard InChI is InChI=1S/C17H27N5O2/c1-12-18-16(20(2)19-12)21-7-5-17(6-8-21)9-14(23)11-22(15(17)24)10-13-3-4-13/h13-14,23H,3-11H2,1-2H3. The summed E-state index contributed by atoms with van der Waals surface area (Å²) in [5.74, 6) is 2.58. The van der Waals surface area contributed by atoms with E-state index in [1.807, 2.05) is 23.6 Å². The summed E-state index contributed by atoms with van der Waals surface area (Å²) in [4.78, 5) is 21.7. The zero-order chi connectivity index (χ0) is 16.9. The first-order valence-corrected chi connectivity index (χ1v) is 9.07. The summed E-state index contributed by atoms with van der Waals surface area (Å²) in [6.07, 6.45) is 4.26. The predicted molar refractivity (Wildman–Crippen MR) is 89.5 cm³/mol. The molecule has 1 amide bonds. The van der Waals surface area contributed by atoms with Gasteiger partial charge in [-0.2, -0.15) is 10.1 Å². The lowest BCUT2D eigenvalue weighted by atomic mass is 9.71. The number of anilines is 1. The predicted octanol–water partition coefficient (Wildman–Crippen LogP) is 0.713. The highest BCUT2D eigenvalue weighted by molar-refractivity contribution is 5.84. The number of aromatic nitrogens is 3. The first-order chi connectivity index (χ1) is 11.5. The number of hydrogen-bond donors (Lipinski definition) is 1. The number of hydrogen-bond acceptors (Lipinski definition) is 5. The van der Waals surface area contributed by atoms with Crippen LogP contribution in [-0.4, -0.2) is 63.0 Å². The van der Waals surface area contributed by atoms with Crippen molar-refractivity contribution in [1.82, 2.24) is 19.7 Å². The van der Waals surface area contributed by atoms with Crippen LogP contribution in [-0.2, 0) is 11.8 Å². The van der Waals surface area contributed by atoms with Gasteiger partial charge >= 0.3 is 0 Å². The fraction of sp³-hybridized carbons (Fsp3) is 0.824. The highest BCUT2D eigenvalue weighted by Gasteiger charge is 2.49. The molecular formula is C17H27N5O2. The van der Waals surface area contributed by atoms with Crippen LogP contribution in [0.3, 0.4) is 0 Å². The molecule has 1 aromatic heterocycles. The summed E-state index contributed by atoms with van der Waals surface area (Å²) < 4.78 is 1.81. The quantitative estimate of drug-likeness (QED) is 0.882. The first kappa shape index (κ1) is 15.9. The molecule has 3 fully saturated rings. The van der Waals surface area contributed by atoms with E-state index in [1.165, 1.54) is 12.8 Å². The molecule has 1 spiro atoms. The second-order valence-electron chi connectivity index (χ2n) is 7.86. The molecule has 7 heteroatoms. The molecule has 2 saturated heterocycles. The van der Waals surface area contributed by atoms with E-state index in [4.69, 9.17) is 0 Å². The van der Waals surface area contributed by atoms with Gasteiger partial charge in [0.05, 0.1) is 11.5 Å². The van der Waals surface area contributed by atoms with E-state index in [0.29, 0.717) is 18.9 Å². The topological polar surface area (TPSA) is 74.5 Å². The van der Waals surface area contributed by atoms with Gasteiger partial charge in [-0.25, -0.2) is 4.68 Å². The van der Waals surface area contributed by atoms with Gasteiger partial charge in [-0.05, 0) is 44.9 Å². The number of piperidine rings is 2. The van der Waals surface area contributed by atoms with E-state index in [2.05, 4.69) is 15.0 Å². The van der Waals surface area contributed by atoms with Crippen molar-refractivity contribution >= 4 is 11.9 Å². The molecule has 7 nitrogen and oxygen atoms in total. The van der Waals surface area contributed by atoms with Gasteiger partial charge < -0.3 is 14.9 Å². The van der Waals surface area contributed by atoms with Crippen molar-refractivity contribution in [3.63, 3.8) is 0 Å². The van der Waals surface area contributed by atoms with Crippen molar-refractivity contribution in [2.75, 3.05) is 31.1 Å². The minimum absolute atomic E-state index is 0.272. The SMILES string of the molecule is Cc1nc(N2CCC3(CC2)CC(O)CN(CC2CC2)C3=O)n(C)n1.